The molecule has 1 saturated heterocycles. The summed E-state index contributed by atoms with van der Waals surface area (Å²) in [6, 6.07) is 19.0. The summed E-state index contributed by atoms with van der Waals surface area (Å²) in [5.41, 5.74) is 3.23. The zero-order chi connectivity index (χ0) is 27.5. The maximum atomic E-state index is 8.85. The van der Waals surface area contributed by atoms with E-state index in [1.807, 2.05) is 25.3 Å². The van der Waals surface area contributed by atoms with Crippen molar-refractivity contribution in [1.29, 1.82) is 5.26 Å². The molecular formula is C28H32IN4O3PS. The fourth-order valence-corrected chi connectivity index (χ4v) is 6.04. The molecule has 200 valence electrons. The van der Waals surface area contributed by atoms with Gasteiger partial charge in [0.2, 0.25) is 0 Å². The van der Waals surface area contributed by atoms with Crippen molar-refractivity contribution in [1.82, 2.24) is 14.5 Å². The van der Waals surface area contributed by atoms with E-state index in [1.165, 1.54) is 0 Å². The highest BCUT2D eigenvalue weighted by Crippen LogP contribution is 2.33. The summed E-state index contributed by atoms with van der Waals surface area (Å²) in [5, 5.41) is 15.8. The normalized spacial score (nSPS) is 18.3. The fraction of sp³-hybridized carbons (Fsp3) is 0.357. The van der Waals surface area contributed by atoms with Gasteiger partial charge in [-0.1, -0.05) is 36.1 Å². The zero-order valence-electron chi connectivity index (χ0n) is 21.8. The molecular weight excluding hydrogens is 630 g/mol. The SMILES string of the molecule is CO.CSC(C#Cc1ccc(-c2ccc(OC3CN(CC#N)C3C)cc2)cc1)n1ccnc1C(C)OPI. The van der Waals surface area contributed by atoms with E-state index in [0.29, 0.717) is 13.0 Å². The van der Waals surface area contributed by atoms with Crippen molar-refractivity contribution < 1.29 is 14.4 Å². The first-order valence-electron chi connectivity index (χ1n) is 12.0. The van der Waals surface area contributed by atoms with Crippen LogP contribution in [0.1, 0.15) is 36.7 Å². The summed E-state index contributed by atoms with van der Waals surface area (Å²) < 4.78 is 13.9. The van der Waals surface area contributed by atoms with Crippen molar-refractivity contribution >= 4 is 40.3 Å². The molecule has 38 heavy (non-hydrogen) atoms. The van der Waals surface area contributed by atoms with Gasteiger partial charge in [0.15, 0.2) is 0 Å². The molecule has 0 saturated carbocycles. The number of aliphatic hydroxyl groups is 1. The Kier molecular flexibility index (Phi) is 12.4. The van der Waals surface area contributed by atoms with Crippen LogP contribution in [0.25, 0.3) is 11.1 Å². The summed E-state index contributed by atoms with van der Waals surface area (Å²) in [5.74, 6) is 8.44. The van der Waals surface area contributed by atoms with Crippen LogP contribution in [0.5, 0.6) is 5.75 Å². The number of aromatic nitrogens is 2. The largest absolute Gasteiger partial charge is 0.487 e. The molecule has 0 spiro atoms. The molecule has 5 unspecified atom stereocenters. The Morgan fingerprint density at radius 3 is 2.42 bits per heavy atom. The van der Waals surface area contributed by atoms with Crippen molar-refractivity contribution in [2.75, 3.05) is 26.5 Å². The monoisotopic (exact) mass is 662 g/mol. The van der Waals surface area contributed by atoms with Gasteiger partial charge in [-0.25, -0.2) is 4.98 Å². The lowest BCUT2D eigenvalue weighted by atomic mass is 10.0. The topological polar surface area (TPSA) is 83.5 Å². The number of imidazole rings is 1. The number of ether oxygens (including phenoxy) is 1. The van der Waals surface area contributed by atoms with Gasteiger partial charge >= 0.3 is 0 Å². The number of likely N-dealkylation sites (tertiary alicyclic amines) is 1. The van der Waals surface area contributed by atoms with E-state index in [-0.39, 0.29) is 23.6 Å². The Balaban J connectivity index is 0.00000195. The highest BCUT2D eigenvalue weighted by atomic mass is 127. The first kappa shape index (κ1) is 30.4. The maximum Gasteiger partial charge on any atom is 0.142 e. The second-order valence-corrected chi connectivity index (χ2v) is 11.1. The molecule has 10 heteroatoms. The van der Waals surface area contributed by atoms with E-state index in [2.05, 4.69) is 104 Å². The van der Waals surface area contributed by atoms with E-state index in [9.17, 15) is 0 Å². The van der Waals surface area contributed by atoms with Crippen LogP contribution in [0.3, 0.4) is 0 Å². The summed E-state index contributed by atoms with van der Waals surface area (Å²) in [4.78, 5) is 6.60. The maximum absolute atomic E-state index is 8.85. The Bertz CT molecular complexity index is 1250. The molecule has 1 aliphatic heterocycles. The molecule has 0 bridgehead atoms. The number of nitrogens with zero attached hydrogens (tertiary/aromatic N) is 4. The predicted octanol–water partition coefficient (Wildman–Crippen LogP) is 6.07. The van der Waals surface area contributed by atoms with Crippen LogP contribution in [-0.2, 0) is 4.52 Å². The Morgan fingerprint density at radius 2 is 1.84 bits per heavy atom. The Morgan fingerprint density at radius 1 is 1.18 bits per heavy atom. The van der Waals surface area contributed by atoms with Crippen molar-refractivity contribution in [3.05, 3.63) is 72.3 Å². The number of hydrogen-bond acceptors (Lipinski definition) is 7. The summed E-state index contributed by atoms with van der Waals surface area (Å²) in [7, 11) is 1.00. The molecule has 0 amide bonds. The third-order valence-electron chi connectivity index (χ3n) is 6.26. The van der Waals surface area contributed by atoms with E-state index in [1.54, 1.807) is 18.0 Å². The van der Waals surface area contributed by atoms with Crippen LogP contribution in [0, 0.1) is 23.2 Å². The third-order valence-corrected chi connectivity index (χ3v) is 8.26. The van der Waals surface area contributed by atoms with Crippen LogP contribution in [-0.4, -0.2) is 58.2 Å². The highest BCUT2D eigenvalue weighted by Gasteiger charge is 2.36. The van der Waals surface area contributed by atoms with Gasteiger partial charge in [-0.2, -0.15) is 5.26 Å². The minimum Gasteiger partial charge on any atom is -0.487 e. The summed E-state index contributed by atoms with van der Waals surface area (Å²) in [6.07, 6.45) is 5.88. The van der Waals surface area contributed by atoms with Gasteiger partial charge < -0.3 is 18.9 Å². The van der Waals surface area contributed by atoms with Gasteiger partial charge in [0, 0.05) is 37.7 Å². The average Bonchev–Trinajstić information content (AvgIpc) is 3.45. The predicted molar refractivity (Wildman–Crippen MR) is 165 cm³/mol. The molecule has 5 atom stereocenters. The van der Waals surface area contributed by atoms with Crippen LogP contribution in [0.15, 0.2) is 60.9 Å². The number of nitriles is 1. The standard InChI is InChI=1S/C27H28IN4O2PS.CH4O/c1-19-25(18-31(19)16-14-29)33-24-11-9-23(10-12-24)22-7-4-21(5-8-22)6-13-26(36-3)32-17-15-30-27(32)20(2)34-35-28;1-2/h4-5,7-12,15,17,19-20,25-26,35H,16,18H2,1-3H3;2H,1H3. The lowest BCUT2D eigenvalue weighted by molar-refractivity contribution is -0.0271. The molecule has 4 rings (SSSR count). The van der Waals surface area contributed by atoms with Gasteiger partial charge in [-0.05, 0) is 77.5 Å². The lowest BCUT2D eigenvalue weighted by Crippen LogP contribution is -2.60. The van der Waals surface area contributed by atoms with Gasteiger partial charge in [0.1, 0.15) is 29.2 Å². The van der Waals surface area contributed by atoms with Gasteiger partial charge in [-0.15, -0.1) is 11.8 Å². The zero-order valence-corrected chi connectivity index (χ0v) is 25.8. The molecule has 2 heterocycles. The molecule has 3 aromatic rings. The Hall–Kier alpha value is -2.11. The van der Waals surface area contributed by atoms with Gasteiger partial charge in [0.05, 0.1) is 19.1 Å². The van der Waals surface area contributed by atoms with Crippen LogP contribution in [0.4, 0.5) is 0 Å². The van der Waals surface area contributed by atoms with Crippen molar-refractivity contribution in [2.24, 2.45) is 0 Å². The minimum atomic E-state index is -0.0712. The number of thioether (sulfide) groups is 1. The van der Waals surface area contributed by atoms with E-state index >= 15 is 0 Å². The summed E-state index contributed by atoms with van der Waals surface area (Å²) in [6.45, 7) is 5.75. The first-order valence-corrected chi connectivity index (χ1v) is 17.4. The number of aliphatic hydroxyl groups excluding tert-OH is 1. The van der Waals surface area contributed by atoms with Gasteiger partial charge in [0.25, 0.3) is 0 Å². The van der Waals surface area contributed by atoms with Crippen LogP contribution in [0.2, 0.25) is 0 Å². The second kappa shape index (κ2) is 15.5. The quantitative estimate of drug-likeness (QED) is 0.129. The van der Waals surface area contributed by atoms with Crippen molar-refractivity contribution in [3.63, 3.8) is 0 Å². The Labute approximate surface area is 244 Å². The van der Waals surface area contributed by atoms with E-state index < -0.39 is 0 Å². The number of benzene rings is 2. The number of halogens is 1. The molecule has 1 N–H and O–H groups in total. The lowest BCUT2D eigenvalue weighted by Gasteiger charge is -2.44. The smallest absolute Gasteiger partial charge is 0.142 e. The molecule has 1 fully saturated rings. The number of rotatable bonds is 9. The molecule has 7 nitrogen and oxygen atoms in total. The molecule has 0 radical (unpaired) electrons. The molecule has 1 aliphatic rings. The van der Waals surface area contributed by atoms with Crippen LogP contribution >= 0.6 is 40.3 Å². The van der Waals surface area contributed by atoms with E-state index in [0.717, 1.165) is 41.9 Å². The minimum absolute atomic E-state index is 0.0383. The number of hydrogen-bond donors (Lipinski definition) is 1. The van der Waals surface area contributed by atoms with Crippen LogP contribution < -0.4 is 4.74 Å². The second-order valence-electron chi connectivity index (χ2n) is 8.47. The highest BCUT2D eigenvalue weighted by molar-refractivity contribution is 14.2. The van der Waals surface area contributed by atoms with E-state index in [4.69, 9.17) is 19.6 Å². The van der Waals surface area contributed by atoms with Crippen molar-refractivity contribution in [3.8, 4) is 34.8 Å². The molecule has 1 aromatic heterocycles. The third kappa shape index (κ3) is 7.72. The average molecular weight is 663 g/mol. The first-order chi connectivity index (χ1) is 18.5. The molecule has 0 aliphatic carbocycles. The van der Waals surface area contributed by atoms with Crippen molar-refractivity contribution in [2.45, 2.75) is 37.5 Å². The van der Waals surface area contributed by atoms with Gasteiger partial charge in [-0.3, -0.25) is 4.90 Å². The molecule has 2 aromatic carbocycles. The summed E-state index contributed by atoms with van der Waals surface area (Å²) >= 11 is 3.90. The fourth-order valence-electron chi connectivity index (χ4n) is 4.07.